The molecule has 0 aliphatic rings. The number of likely N-dealkylation sites (N-methyl/N-ethyl adjacent to an activating group) is 1. The summed E-state index contributed by atoms with van der Waals surface area (Å²) in [4.78, 5) is 19.0. The highest BCUT2D eigenvalue weighted by Crippen LogP contribution is 2.19. The Morgan fingerprint density at radius 3 is 2.68 bits per heavy atom. The van der Waals surface area contributed by atoms with Crippen molar-refractivity contribution in [2.75, 3.05) is 13.6 Å². The van der Waals surface area contributed by atoms with Gasteiger partial charge in [-0.3, -0.25) is 4.79 Å². The Kier molecular flexibility index (Phi) is 4.93. The number of hydrogen-bond donors (Lipinski definition) is 0. The average Bonchev–Trinajstić information content (AvgIpc) is 3.25. The molecule has 0 unspecified atom stereocenters. The molecule has 0 saturated heterocycles. The average molecular weight is 338 g/mol. The second-order valence-corrected chi connectivity index (χ2v) is 6.85. The zero-order valence-corrected chi connectivity index (χ0v) is 15.4. The summed E-state index contributed by atoms with van der Waals surface area (Å²) in [6.45, 7) is 7.59. The fraction of sp³-hybridized carbons (Fsp3) is 0.400. The van der Waals surface area contributed by atoms with Crippen LogP contribution in [0.2, 0.25) is 0 Å². The smallest absolute Gasteiger partial charge is 0.245 e. The lowest BCUT2D eigenvalue weighted by molar-refractivity contribution is -0.133. The van der Waals surface area contributed by atoms with Gasteiger partial charge in [0.25, 0.3) is 0 Å². The van der Waals surface area contributed by atoms with Crippen LogP contribution in [0.1, 0.15) is 38.6 Å². The van der Waals surface area contributed by atoms with Crippen molar-refractivity contribution in [1.82, 2.24) is 19.0 Å². The lowest BCUT2D eigenvalue weighted by Crippen LogP contribution is -2.35. The van der Waals surface area contributed by atoms with E-state index in [-0.39, 0.29) is 11.9 Å². The van der Waals surface area contributed by atoms with E-state index < -0.39 is 0 Å². The number of carbonyl (C=O) groups is 1. The van der Waals surface area contributed by atoms with Crippen molar-refractivity contribution in [1.29, 1.82) is 0 Å². The van der Waals surface area contributed by atoms with Crippen LogP contribution in [0.3, 0.4) is 0 Å². The number of para-hydroxylation sites is 1. The van der Waals surface area contributed by atoms with Gasteiger partial charge in [0.1, 0.15) is 11.9 Å². The molecule has 5 nitrogen and oxygen atoms in total. The molecule has 1 atom stereocenters. The summed E-state index contributed by atoms with van der Waals surface area (Å²) >= 11 is 0. The van der Waals surface area contributed by atoms with Crippen LogP contribution in [0.5, 0.6) is 0 Å². The highest BCUT2D eigenvalue weighted by atomic mass is 16.2. The minimum Gasteiger partial charge on any atom is -0.346 e. The highest BCUT2D eigenvalue weighted by Gasteiger charge is 2.22. The number of imidazole rings is 1. The summed E-state index contributed by atoms with van der Waals surface area (Å²) in [5.41, 5.74) is 1.20. The summed E-state index contributed by atoms with van der Waals surface area (Å²) < 4.78 is 4.18. The number of aromatic nitrogens is 3. The van der Waals surface area contributed by atoms with Crippen LogP contribution in [0.4, 0.5) is 0 Å². The normalized spacial score (nSPS) is 12.7. The van der Waals surface area contributed by atoms with E-state index in [1.54, 1.807) is 6.20 Å². The molecule has 0 spiro atoms. The Morgan fingerprint density at radius 2 is 1.92 bits per heavy atom. The minimum absolute atomic E-state index is 0.108. The van der Waals surface area contributed by atoms with Crippen molar-refractivity contribution in [2.24, 2.45) is 0 Å². The molecule has 0 radical (unpaired) electrons. The molecular weight excluding hydrogens is 312 g/mol. The van der Waals surface area contributed by atoms with Crippen LogP contribution in [0.25, 0.3) is 10.9 Å². The molecule has 0 bridgehead atoms. The predicted molar refractivity (Wildman–Crippen MR) is 101 cm³/mol. The van der Waals surface area contributed by atoms with Crippen LogP contribution >= 0.6 is 0 Å². The van der Waals surface area contributed by atoms with Gasteiger partial charge in [-0.25, -0.2) is 4.98 Å². The van der Waals surface area contributed by atoms with Crippen LogP contribution in [0.15, 0.2) is 48.9 Å². The Balaban J connectivity index is 1.67. The summed E-state index contributed by atoms with van der Waals surface area (Å²) in [6.07, 6.45) is 5.75. The van der Waals surface area contributed by atoms with E-state index in [9.17, 15) is 4.79 Å². The van der Waals surface area contributed by atoms with Gasteiger partial charge in [0.2, 0.25) is 5.91 Å². The van der Waals surface area contributed by atoms with Crippen molar-refractivity contribution in [3.05, 3.63) is 54.7 Å². The number of amides is 1. The number of carbonyl (C=O) groups excluding carboxylic acids is 1. The maximum atomic E-state index is 12.8. The van der Waals surface area contributed by atoms with E-state index in [1.165, 1.54) is 10.9 Å². The van der Waals surface area contributed by atoms with Crippen LogP contribution in [-0.2, 0) is 11.3 Å². The van der Waals surface area contributed by atoms with E-state index in [1.807, 2.05) is 41.8 Å². The molecule has 0 saturated carbocycles. The third-order valence-electron chi connectivity index (χ3n) is 4.72. The number of hydrogen-bond acceptors (Lipinski definition) is 2. The van der Waals surface area contributed by atoms with Gasteiger partial charge in [-0.15, -0.1) is 0 Å². The van der Waals surface area contributed by atoms with E-state index >= 15 is 0 Å². The zero-order valence-electron chi connectivity index (χ0n) is 15.4. The Morgan fingerprint density at radius 1 is 1.16 bits per heavy atom. The Hall–Kier alpha value is -2.56. The quantitative estimate of drug-likeness (QED) is 0.688. The summed E-state index contributed by atoms with van der Waals surface area (Å²) in [5.74, 6) is 1.35. The maximum absolute atomic E-state index is 12.8. The first kappa shape index (κ1) is 17.3. The van der Waals surface area contributed by atoms with Gasteiger partial charge in [-0.1, -0.05) is 32.0 Å². The first-order chi connectivity index (χ1) is 12.0. The van der Waals surface area contributed by atoms with Gasteiger partial charge in [-0.05, 0) is 24.4 Å². The van der Waals surface area contributed by atoms with Crippen molar-refractivity contribution in [3.8, 4) is 0 Å². The van der Waals surface area contributed by atoms with Gasteiger partial charge >= 0.3 is 0 Å². The van der Waals surface area contributed by atoms with Crippen molar-refractivity contribution >= 4 is 16.8 Å². The molecule has 0 aliphatic carbocycles. The van der Waals surface area contributed by atoms with Crippen LogP contribution < -0.4 is 0 Å². The molecule has 3 rings (SSSR count). The molecule has 5 heteroatoms. The molecule has 1 amide bonds. The second-order valence-electron chi connectivity index (χ2n) is 6.85. The molecule has 1 aromatic carbocycles. The monoisotopic (exact) mass is 338 g/mol. The lowest BCUT2D eigenvalue weighted by Gasteiger charge is -2.24. The van der Waals surface area contributed by atoms with Crippen LogP contribution in [-0.4, -0.2) is 38.5 Å². The van der Waals surface area contributed by atoms with E-state index in [0.29, 0.717) is 12.5 Å². The fourth-order valence-corrected chi connectivity index (χ4v) is 3.24. The number of fused-ring (bicyclic) bond motifs is 1. The second kappa shape index (κ2) is 7.13. The van der Waals surface area contributed by atoms with E-state index in [2.05, 4.69) is 47.8 Å². The Labute approximate surface area is 148 Å². The largest absolute Gasteiger partial charge is 0.346 e. The molecule has 3 aromatic rings. The van der Waals surface area contributed by atoms with E-state index in [4.69, 9.17) is 0 Å². The summed E-state index contributed by atoms with van der Waals surface area (Å²) in [5, 5.41) is 1.23. The summed E-state index contributed by atoms with van der Waals surface area (Å²) in [6, 6.07) is 10.2. The molecule has 0 aliphatic heterocycles. The van der Waals surface area contributed by atoms with Crippen LogP contribution in [0, 0.1) is 0 Å². The van der Waals surface area contributed by atoms with Gasteiger partial charge in [0, 0.05) is 50.2 Å². The third-order valence-corrected chi connectivity index (χ3v) is 4.72. The minimum atomic E-state index is -0.244. The van der Waals surface area contributed by atoms with Gasteiger partial charge in [-0.2, -0.15) is 0 Å². The predicted octanol–water partition coefficient (Wildman–Crippen LogP) is 3.68. The SMILES string of the molecule is CC(C)c1nccn1[C@@H](C)C(=O)N(C)CCn1ccc2ccccc21. The Bertz CT molecular complexity index is 861. The van der Waals surface area contributed by atoms with Crippen molar-refractivity contribution < 1.29 is 4.79 Å². The molecular formula is C20H26N4O. The topological polar surface area (TPSA) is 43.1 Å². The molecule has 0 fully saturated rings. The fourth-order valence-electron chi connectivity index (χ4n) is 3.24. The maximum Gasteiger partial charge on any atom is 0.245 e. The van der Waals surface area contributed by atoms with Gasteiger partial charge in [0.05, 0.1) is 0 Å². The molecule has 0 N–H and O–H groups in total. The third kappa shape index (κ3) is 3.45. The number of nitrogens with zero attached hydrogens (tertiary/aromatic N) is 4. The molecule has 2 aromatic heterocycles. The van der Waals surface area contributed by atoms with Crippen molar-refractivity contribution in [2.45, 2.75) is 39.3 Å². The standard InChI is InChI=1S/C20H26N4O/c1-15(2)19-21-10-12-24(19)16(3)20(25)22(4)13-14-23-11-9-17-7-5-6-8-18(17)23/h5-12,15-16H,13-14H2,1-4H3/t16-/m0/s1. The first-order valence-corrected chi connectivity index (χ1v) is 8.80. The first-order valence-electron chi connectivity index (χ1n) is 8.80. The number of benzene rings is 1. The zero-order chi connectivity index (χ0) is 18.0. The lowest BCUT2D eigenvalue weighted by atomic mass is 10.2. The molecule has 25 heavy (non-hydrogen) atoms. The molecule has 2 heterocycles. The number of rotatable bonds is 6. The molecule has 132 valence electrons. The van der Waals surface area contributed by atoms with Crippen molar-refractivity contribution in [3.63, 3.8) is 0 Å². The van der Waals surface area contributed by atoms with E-state index in [0.717, 1.165) is 12.4 Å². The highest BCUT2D eigenvalue weighted by molar-refractivity contribution is 5.81. The van der Waals surface area contributed by atoms with Gasteiger partial charge < -0.3 is 14.0 Å². The van der Waals surface area contributed by atoms with Gasteiger partial charge in [0.15, 0.2) is 0 Å². The summed E-state index contributed by atoms with van der Waals surface area (Å²) in [7, 11) is 1.87.